The van der Waals surface area contributed by atoms with Crippen molar-refractivity contribution in [3.8, 4) is 0 Å². The highest BCUT2D eigenvalue weighted by atomic mass is 16.6. The average molecular weight is 288 g/mol. The molecule has 0 unspecified atom stereocenters. The Balaban J connectivity index is 1.96. The standard InChI is InChI=1S/C16H24N4O/c1-11(2)9-10-20(12-5-3-4-6-12)14-8-7-13(17)15-16(14)19-21-18-15/h7-8,11-12H,3-6,9-10,17H2,1-2H3. The number of nitrogen functional groups attached to an aromatic ring is 1. The zero-order valence-corrected chi connectivity index (χ0v) is 12.9. The third-order valence-corrected chi connectivity index (χ3v) is 4.45. The molecule has 114 valence electrons. The van der Waals surface area contributed by atoms with E-state index >= 15 is 0 Å². The van der Waals surface area contributed by atoms with Gasteiger partial charge in [-0.2, -0.15) is 0 Å². The SMILES string of the molecule is CC(C)CCN(c1ccc(N)c2nonc12)C1CCCC1. The highest BCUT2D eigenvalue weighted by molar-refractivity contribution is 5.95. The van der Waals surface area contributed by atoms with E-state index in [1.54, 1.807) is 0 Å². The number of hydrogen-bond donors (Lipinski definition) is 1. The fourth-order valence-electron chi connectivity index (χ4n) is 3.22. The van der Waals surface area contributed by atoms with Gasteiger partial charge in [0.2, 0.25) is 0 Å². The van der Waals surface area contributed by atoms with Crippen LogP contribution in [0.1, 0.15) is 46.0 Å². The molecule has 0 radical (unpaired) electrons. The summed E-state index contributed by atoms with van der Waals surface area (Å²) in [4.78, 5) is 2.50. The van der Waals surface area contributed by atoms with Gasteiger partial charge < -0.3 is 10.6 Å². The minimum Gasteiger partial charge on any atom is -0.397 e. The molecule has 1 saturated carbocycles. The number of fused-ring (bicyclic) bond motifs is 1. The molecule has 1 heterocycles. The van der Waals surface area contributed by atoms with Gasteiger partial charge in [0.25, 0.3) is 0 Å². The Hall–Kier alpha value is -1.78. The van der Waals surface area contributed by atoms with E-state index in [1.807, 2.05) is 6.07 Å². The second kappa shape index (κ2) is 5.92. The van der Waals surface area contributed by atoms with Gasteiger partial charge in [0.05, 0.1) is 11.4 Å². The predicted octanol–water partition coefficient (Wildman–Crippen LogP) is 3.60. The highest BCUT2D eigenvalue weighted by Gasteiger charge is 2.25. The largest absolute Gasteiger partial charge is 0.397 e. The fraction of sp³-hybridized carbons (Fsp3) is 0.625. The molecular formula is C16H24N4O. The number of aromatic nitrogens is 2. The monoisotopic (exact) mass is 288 g/mol. The van der Waals surface area contributed by atoms with Crippen LogP contribution in [0.4, 0.5) is 11.4 Å². The van der Waals surface area contributed by atoms with Crippen LogP contribution in [0, 0.1) is 5.92 Å². The molecule has 0 spiro atoms. The number of benzene rings is 1. The van der Waals surface area contributed by atoms with Crippen molar-refractivity contribution in [3.63, 3.8) is 0 Å². The van der Waals surface area contributed by atoms with Gasteiger partial charge in [-0.05, 0) is 47.6 Å². The van der Waals surface area contributed by atoms with Gasteiger partial charge in [-0.3, -0.25) is 0 Å². The molecule has 2 N–H and O–H groups in total. The van der Waals surface area contributed by atoms with Crippen molar-refractivity contribution < 1.29 is 4.63 Å². The molecule has 0 amide bonds. The summed E-state index contributed by atoms with van der Waals surface area (Å²) < 4.78 is 4.92. The van der Waals surface area contributed by atoms with E-state index in [1.165, 1.54) is 32.1 Å². The lowest BCUT2D eigenvalue weighted by Gasteiger charge is -2.32. The second-order valence-electron chi connectivity index (χ2n) is 6.45. The van der Waals surface area contributed by atoms with Gasteiger partial charge in [0.1, 0.15) is 0 Å². The maximum atomic E-state index is 5.96. The summed E-state index contributed by atoms with van der Waals surface area (Å²) in [7, 11) is 0. The zero-order valence-electron chi connectivity index (χ0n) is 12.9. The van der Waals surface area contributed by atoms with Crippen molar-refractivity contribution in [2.45, 2.75) is 52.0 Å². The Kier molecular flexibility index (Phi) is 3.99. The van der Waals surface area contributed by atoms with Crippen LogP contribution in [0.3, 0.4) is 0 Å². The van der Waals surface area contributed by atoms with Gasteiger partial charge in [-0.25, -0.2) is 4.63 Å². The third-order valence-electron chi connectivity index (χ3n) is 4.45. The molecule has 0 aliphatic heterocycles. The first-order chi connectivity index (χ1) is 10.2. The summed E-state index contributed by atoms with van der Waals surface area (Å²) in [5.41, 5.74) is 9.19. The molecule has 1 aliphatic rings. The van der Waals surface area contributed by atoms with E-state index in [4.69, 9.17) is 10.4 Å². The van der Waals surface area contributed by atoms with Gasteiger partial charge in [0, 0.05) is 12.6 Å². The molecule has 2 aromatic rings. The Labute approximate surface area is 125 Å². The second-order valence-corrected chi connectivity index (χ2v) is 6.45. The Morgan fingerprint density at radius 3 is 2.67 bits per heavy atom. The van der Waals surface area contributed by atoms with Crippen molar-refractivity contribution in [3.05, 3.63) is 12.1 Å². The lowest BCUT2D eigenvalue weighted by molar-refractivity contribution is 0.315. The Morgan fingerprint density at radius 2 is 1.95 bits per heavy atom. The lowest BCUT2D eigenvalue weighted by Crippen LogP contribution is -2.35. The van der Waals surface area contributed by atoms with Crippen LogP contribution in [-0.2, 0) is 0 Å². The number of hydrogen-bond acceptors (Lipinski definition) is 5. The average Bonchev–Trinajstić information content (AvgIpc) is 3.11. The molecule has 5 heteroatoms. The molecule has 5 nitrogen and oxygen atoms in total. The minimum atomic E-state index is 0.604. The van der Waals surface area contributed by atoms with Gasteiger partial charge in [-0.1, -0.05) is 26.7 Å². The molecule has 0 atom stereocenters. The molecule has 0 saturated heterocycles. The quantitative estimate of drug-likeness (QED) is 0.851. The molecule has 21 heavy (non-hydrogen) atoms. The summed E-state index contributed by atoms with van der Waals surface area (Å²) in [5, 5.41) is 8.04. The molecule has 0 bridgehead atoms. The number of nitrogens with zero attached hydrogens (tertiary/aromatic N) is 3. The van der Waals surface area contributed by atoms with E-state index in [-0.39, 0.29) is 0 Å². The predicted molar refractivity (Wildman–Crippen MR) is 85.3 cm³/mol. The molecule has 1 fully saturated rings. The number of anilines is 2. The van der Waals surface area contributed by atoms with Gasteiger partial charge in [0.15, 0.2) is 11.0 Å². The highest BCUT2D eigenvalue weighted by Crippen LogP contribution is 2.34. The van der Waals surface area contributed by atoms with Crippen LogP contribution in [0.5, 0.6) is 0 Å². The van der Waals surface area contributed by atoms with E-state index < -0.39 is 0 Å². The van der Waals surface area contributed by atoms with Crippen LogP contribution in [0.2, 0.25) is 0 Å². The van der Waals surface area contributed by atoms with Crippen molar-refractivity contribution in [2.24, 2.45) is 5.92 Å². The maximum Gasteiger partial charge on any atom is 0.160 e. The Bertz CT molecular complexity index is 601. The molecule has 3 rings (SSSR count). The first-order valence-corrected chi connectivity index (χ1v) is 7.94. The Morgan fingerprint density at radius 1 is 1.24 bits per heavy atom. The van der Waals surface area contributed by atoms with E-state index in [2.05, 4.69) is 35.1 Å². The third kappa shape index (κ3) is 2.82. The van der Waals surface area contributed by atoms with Crippen molar-refractivity contribution in [1.82, 2.24) is 10.3 Å². The summed E-state index contributed by atoms with van der Waals surface area (Å²) >= 11 is 0. The van der Waals surface area contributed by atoms with Crippen LogP contribution in [-0.4, -0.2) is 22.9 Å². The zero-order chi connectivity index (χ0) is 14.8. The van der Waals surface area contributed by atoms with E-state index in [0.29, 0.717) is 23.2 Å². The number of rotatable bonds is 5. The van der Waals surface area contributed by atoms with E-state index in [9.17, 15) is 0 Å². The summed E-state index contributed by atoms with van der Waals surface area (Å²) in [6, 6.07) is 4.59. The summed E-state index contributed by atoms with van der Waals surface area (Å²) in [6.07, 6.45) is 6.33. The normalized spacial score (nSPS) is 16.1. The summed E-state index contributed by atoms with van der Waals surface area (Å²) in [6.45, 7) is 5.58. The lowest BCUT2D eigenvalue weighted by atomic mass is 10.1. The minimum absolute atomic E-state index is 0.604. The molecular weight excluding hydrogens is 264 g/mol. The van der Waals surface area contributed by atoms with Crippen LogP contribution in [0.15, 0.2) is 16.8 Å². The van der Waals surface area contributed by atoms with Crippen LogP contribution >= 0.6 is 0 Å². The summed E-state index contributed by atoms with van der Waals surface area (Å²) in [5.74, 6) is 0.689. The van der Waals surface area contributed by atoms with Crippen LogP contribution in [0.25, 0.3) is 11.0 Å². The molecule has 1 aromatic carbocycles. The maximum absolute atomic E-state index is 5.96. The van der Waals surface area contributed by atoms with Gasteiger partial charge in [-0.15, -0.1) is 0 Å². The van der Waals surface area contributed by atoms with E-state index in [0.717, 1.165) is 17.7 Å². The van der Waals surface area contributed by atoms with Crippen molar-refractivity contribution >= 4 is 22.4 Å². The molecule has 1 aromatic heterocycles. The topological polar surface area (TPSA) is 68.2 Å². The van der Waals surface area contributed by atoms with Crippen molar-refractivity contribution in [2.75, 3.05) is 17.2 Å². The van der Waals surface area contributed by atoms with Gasteiger partial charge >= 0.3 is 0 Å². The smallest absolute Gasteiger partial charge is 0.160 e. The number of nitrogens with two attached hydrogens (primary N) is 1. The first-order valence-electron chi connectivity index (χ1n) is 7.94. The fourth-order valence-corrected chi connectivity index (χ4v) is 3.22. The first kappa shape index (κ1) is 14.2. The van der Waals surface area contributed by atoms with Crippen LogP contribution < -0.4 is 10.6 Å². The van der Waals surface area contributed by atoms with Crippen molar-refractivity contribution in [1.29, 1.82) is 0 Å². The molecule has 1 aliphatic carbocycles.